The second kappa shape index (κ2) is 6.12. The summed E-state index contributed by atoms with van der Waals surface area (Å²) in [5, 5.41) is 19.4. The Morgan fingerprint density at radius 3 is 2.61 bits per heavy atom. The zero-order valence-electron chi connectivity index (χ0n) is 11.3. The number of rotatable bonds is 5. The van der Waals surface area contributed by atoms with Gasteiger partial charge in [-0.1, -0.05) is 23.8 Å². The summed E-state index contributed by atoms with van der Waals surface area (Å²) < 4.78 is 0. The van der Waals surface area contributed by atoms with E-state index in [-0.39, 0.29) is 5.78 Å². The molecule has 0 fully saturated rings. The van der Waals surface area contributed by atoms with Gasteiger partial charge in [0.2, 0.25) is 0 Å². The number of Topliss-reactive ketones (excluding diaryl/α,β-unsaturated/α-hetero) is 1. The van der Waals surface area contributed by atoms with E-state index < -0.39 is 18.1 Å². The highest BCUT2D eigenvalue weighted by Crippen LogP contribution is 2.25. The molecule has 1 aliphatic rings. The molecule has 0 aromatic heterocycles. The van der Waals surface area contributed by atoms with Gasteiger partial charge in [-0.05, 0) is 45.3 Å². The van der Waals surface area contributed by atoms with Crippen LogP contribution in [0.3, 0.4) is 0 Å². The number of aliphatic hydroxyl groups excluding tert-OH is 2. The summed E-state index contributed by atoms with van der Waals surface area (Å²) in [4.78, 5) is 11.8. The Bertz CT molecular complexity index is 404. The normalized spacial score (nSPS) is 26.2. The van der Waals surface area contributed by atoms with Gasteiger partial charge in [0.15, 0.2) is 5.78 Å². The van der Waals surface area contributed by atoms with Gasteiger partial charge in [-0.2, -0.15) is 0 Å². The molecule has 3 atom stereocenters. The Balaban J connectivity index is 2.57. The van der Waals surface area contributed by atoms with Crippen molar-refractivity contribution in [2.24, 2.45) is 5.92 Å². The molecule has 0 radical (unpaired) electrons. The summed E-state index contributed by atoms with van der Waals surface area (Å²) >= 11 is 0. The maximum atomic E-state index is 11.8. The molecule has 0 unspecified atom stereocenters. The Labute approximate surface area is 109 Å². The van der Waals surface area contributed by atoms with Crippen LogP contribution in [0.5, 0.6) is 0 Å². The van der Waals surface area contributed by atoms with E-state index in [1.807, 2.05) is 13.0 Å². The van der Waals surface area contributed by atoms with Crippen molar-refractivity contribution in [3.8, 4) is 0 Å². The third-order valence-electron chi connectivity index (χ3n) is 3.33. The van der Waals surface area contributed by atoms with Crippen LogP contribution in [0.1, 0.15) is 33.6 Å². The van der Waals surface area contributed by atoms with Crippen LogP contribution < -0.4 is 0 Å². The van der Waals surface area contributed by atoms with E-state index in [2.05, 4.69) is 6.58 Å². The molecule has 100 valence electrons. The molecule has 0 aromatic carbocycles. The number of allylic oxidation sites excluding steroid dienone is 2. The van der Waals surface area contributed by atoms with Crippen molar-refractivity contribution in [3.05, 3.63) is 35.5 Å². The predicted octanol–water partition coefficient (Wildman–Crippen LogP) is 2.16. The van der Waals surface area contributed by atoms with Gasteiger partial charge < -0.3 is 10.2 Å². The van der Waals surface area contributed by atoms with Crippen molar-refractivity contribution in [2.75, 3.05) is 0 Å². The third-order valence-corrected chi connectivity index (χ3v) is 3.33. The molecule has 1 aliphatic carbocycles. The molecule has 0 bridgehead atoms. The van der Waals surface area contributed by atoms with Crippen molar-refractivity contribution >= 4 is 5.78 Å². The highest BCUT2D eigenvalue weighted by atomic mass is 16.3. The fourth-order valence-electron chi connectivity index (χ4n) is 2.03. The summed E-state index contributed by atoms with van der Waals surface area (Å²) in [5.41, 5.74) is 2.38. The van der Waals surface area contributed by atoms with Crippen molar-refractivity contribution in [2.45, 2.75) is 45.8 Å². The Morgan fingerprint density at radius 2 is 2.17 bits per heavy atom. The molecule has 0 saturated heterocycles. The highest BCUT2D eigenvalue weighted by Gasteiger charge is 2.30. The largest absolute Gasteiger partial charge is 0.389 e. The van der Waals surface area contributed by atoms with E-state index in [1.54, 1.807) is 19.9 Å². The molecule has 2 N–H and O–H groups in total. The number of carbonyl (C=O) groups is 1. The first-order valence-corrected chi connectivity index (χ1v) is 6.24. The minimum atomic E-state index is -0.710. The van der Waals surface area contributed by atoms with Crippen LogP contribution in [-0.2, 0) is 4.79 Å². The molecule has 0 aliphatic heterocycles. The van der Waals surface area contributed by atoms with Crippen LogP contribution in [0.15, 0.2) is 35.5 Å². The first-order valence-electron chi connectivity index (χ1n) is 6.24. The smallest absolute Gasteiger partial charge is 0.168 e. The second-order valence-electron chi connectivity index (χ2n) is 5.14. The highest BCUT2D eigenvalue weighted by molar-refractivity contribution is 6.01. The number of carbonyl (C=O) groups excluding carboxylic acids is 1. The number of hydrogen-bond donors (Lipinski definition) is 2. The van der Waals surface area contributed by atoms with Gasteiger partial charge in [0.05, 0.1) is 18.1 Å². The molecule has 0 spiro atoms. The van der Waals surface area contributed by atoms with Gasteiger partial charge in [-0.25, -0.2) is 0 Å². The molecule has 0 heterocycles. The molecular weight excluding hydrogens is 228 g/mol. The quantitative estimate of drug-likeness (QED) is 0.735. The van der Waals surface area contributed by atoms with Crippen molar-refractivity contribution in [3.63, 3.8) is 0 Å². The predicted molar refractivity (Wildman–Crippen MR) is 72.1 cm³/mol. The maximum Gasteiger partial charge on any atom is 0.168 e. The van der Waals surface area contributed by atoms with Crippen molar-refractivity contribution in [1.29, 1.82) is 0 Å². The fourth-order valence-corrected chi connectivity index (χ4v) is 2.03. The van der Waals surface area contributed by atoms with Crippen LogP contribution in [0.25, 0.3) is 0 Å². The average molecular weight is 250 g/mol. The Morgan fingerprint density at radius 1 is 1.56 bits per heavy atom. The molecule has 3 heteroatoms. The van der Waals surface area contributed by atoms with Crippen LogP contribution in [0.4, 0.5) is 0 Å². The topological polar surface area (TPSA) is 57.5 Å². The maximum absolute atomic E-state index is 11.8. The monoisotopic (exact) mass is 250 g/mol. The molecule has 18 heavy (non-hydrogen) atoms. The third kappa shape index (κ3) is 3.65. The summed E-state index contributed by atoms with van der Waals surface area (Å²) in [6, 6.07) is 0. The lowest BCUT2D eigenvalue weighted by molar-refractivity contribution is -0.118. The number of ketones is 1. The van der Waals surface area contributed by atoms with E-state index in [1.165, 1.54) is 0 Å². The minimum absolute atomic E-state index is 0.0118. The van der Waals surface area contributed by atoms with E-state index >= 15 is 0 Å². The zero-order valence-corrected chi connectivity index (χ0v) is 11.3. The second-order valence-corrected chi connectivity index (χ2v) is 5.14. The lowest BCUT2D eigenvalue weighted by atomic mass is 9.96. The van der Waals surface area contributed by atoms with E-state index in [0.29, 0.717) is 18.4 Å². The Hall–Kier alpha value is -1.19. The molecular formula is C15H22O3. The van der Waals surface area contributed by atoms with Crippen LogP contribution in [0, 0.1) is 5.92 Å². The van der Waals surface area contributed by atoms with Gasteiger partial charge in [0, 0.05) is 0 Å². The van der Waals surface area contributed by atoms with Gasteiger partial charge in [0.1, 0.15) is 0 Å². The van der Waals surface area contributed by atoms with Crippen molar-refractivity contribution < 1.29 is 15.0 Å². The van der Waals surface area contributed by atoms with Gasteiger partial charge in [-0.15, -0.1) is 0 Å². The van der Waals surface area contributed by atoms with Gasteiger partial charge >= 0.3 is 0 Å². The first-order chi connectivity index (χ1) is 8.32. The van der Waals surface area contributed by atoms with Crippen LogP contribution in [-0.4, -0.2) is 28.2 Å². The van der Waals surface area contributed by atoms with E-state index in [0.717, 1.165) is 11.1 Å². The number of aliphatic hydroxyl groups is 2. The first kappa shape index (κ1) is 14.9. The summed E-state index contributed by atoms with van der Waals surface area (Å²) in [6.07, 6.45) is 3.49. The van der Waals surface area contributed by atoms with Crippen LogP contribution in [0.2, 0.25) is 0 Å². The molecule has 0 amide bonds. The van der Waals surface area contributed by atoms with Crippen LogP contribution >= 0.6 is 0 Å². The van der Waals surface area contributed by atoms with Gasteiger partial charge in [0.25, 0.3) is 0 Å². The lowest BCUT2D eigenvalue weighted by Crippen LogP contribution is -2.18. The SMILES string of the molecule is C=C(C)[C@@H](O)CC/C(C)=C/[C@H]1C(=O)C(C)=C[C@@H]1O. The Kier molecular flexibility index (Phi) is 5.05. The number of hydrogen-bond acceptors (Lipinski definition) is 3. The molecule has 1 rings (SSSR count). The average Bonchev–Trinajstić information content (AvgIpc) is 2.52. The van der Waals surface area contributed by atoms with E-state index in [9.17, 15) is 15.0 Å². The van der Waals surface area contributed by atoms with Gasteiger partial charge in [-0.3, -0.25) is 4.79 Å². The summed E-state index contributed by atoms with van der Waals surface area (Å²) in [5.74, 6) is -0.464. The fraction of sp³-hybridized carbons (Fsp3) is 0.533. The standard InChI is InChI=1S/C15H22O3/c1-9(2)13(16)6-5-10(3)7-12-14(17)8-11(4)15(12)18/h7-8,12-14,16-17H,1,5-6H2,2-4H3/b10-7+/t12-,13+,14+/m1/s1. The lowest BCUT2D eigenvalue weighted by Gasteiger charge is -2.13. The molecule has 0 aromatic rings. The molecule has 3 nitrogen and oxygen atoms in total. The summed E-state index contributed by atoms with van der Waals surface area (Å²) in [6.45, 7) is 9.13. The summed E-state index contributed by atoms with van der Waals surface area (Å²) in [7, 11) is 0. The minimum Gasteiger partial charge on any atom is -0.389 e. The zero-order chi connectivity index (χ0) is 13.9. The molecule has 0 saturated carbocycles. The van der Waals surface area contributed by atoms with E-state index in [4.69, 9.17) is 0 Å². The van der Waals surface area contributed by atoms with Crippen molar-refractivity contribution in [1.82, 2.24) is 0 Å².